The molecule has 0 heterocycles. The van der Waals surface area contributed by atoms with Crippen LogP contribution in [0.25, 0.3) is 0 Å². The van der Waals surface area contributed by atoms with Crippen LogP contribution < -0.4 is 10.5 Å². The van der Waals surface area contributed by atoms with Crippen molar-refractivity contribution in [2.75, 3.05) is 12.3 Å². The lowest BCUT2D eigenvalue weighted by atomic mass is 10.2. The highest BCUT2D eigenvalue weighted by atomic mass is 35.5. The predicted molar refractivity (Wildman–Crippen MR) is 82.6 cm³/mol. The first-order chi connectivity index (χ1) is 9.40. The molecule has 1 aromatic rings. The quantitative estimate of drug-likeness (QED) is 0.640. The van der Waals surface area contributed by atoms with E-state index in [2.05, 4.69) is 10.8 Å². The molecule has 4 nitrogen and oxygen atoms in total. The minimum Gasteiger partial charge on any atom is -0.398 e. The Kier molecular flexibility index (Phi) is 4.96. The fraction of sp³-hybridized carbons (Fsp3) is 0.385. The SMILES string of the molecule is Nc1cc(Cl)cc(Cl)c1S(=O)(=O)NCCC1=CCCC1. The minimum absolute atomic E-state index is 0.0302. The Bertz CT molecular complexity index is 619. The monoisotopic (exact) mass is 334 g/mol. The first-order valence-electron chi connectivity index (χ1n) is 6.32. The molecule has 0 spiro atoms. The molecule has 3 N–H and O–H groups in total. The number of allylic oxidation sites excluding steroid dienone is 1. The van der Waals surface area contributed by atoms with Gasteiger partial charge < -0.3 is 5.73 Å². The Morgan fingerprint density at radius 1 is 1.30 bits per heavy atom. The minimum atomic E-state index is -3.72. The molecule has 20 heavy (non-hydrogen) atoms. The van der Waals surface area contributed by atoms with E-state index >= 15 is 0 Å². The molecule has 0 unspecified atom stereocenters. The Balaban J connectivity index is 2.10. The summed E-state index contributed by atoms with van der Waals surface area (Å²) in [5.74, 6) is 0. The lowest BCUT2D eigenvalue weighted by Gasteiger charge is -2.11. The molecule has 1 aromatic carbocycles. The standard InChI is InChI=1S/C13H16Cl2N2O2S/c14-10-7-11(15)13(12(16)8-10)20(18,19)17-6-5-9-3-1-2-4-9/h3,7-8,17H,1-2,4-6,16H2. The molecule has 0 aromatic heterocycles. The van der Waals surface area contributed by atoms with E-state index in [1.807, 2.05) is 0 Å². The van der Waals surface area contributed by atoms with Gasteiger partial charge in [0.2, 0.25) is 10.0 Å². The van der Waals surface area contributed by atoms with Crippen LogP contribution in [0.3, 0.4) is 0 Å². The summed E-state index contributed by atoms with van der Waals surface area (Å²) in [4.78, 5) is -0.107. The molecular formula is C13H16Cl2N2O2S. The molecule has 0 atom stereocenters. The van der Waals surface area contributed by atoms with Gasteiger partial charge in [-0.25, -0.2) is 13.1 Å². The average molecular weight is 335 g/mol. The Morgan fingerprint density at radius 3 is 2.65 bits per heavy atom. The summed E-state index contributed by atoms with van der Waals surface area (Å²) in [5, 5.41) is 0.338. The number of nitrogens with one attached hydrogen (secondary N) is 1. The van der Waals surface area contributed by atoms with Crippen molar-refractivity contribution >= 4 is 38.9 Å². The molecule has 2 rings (SSSR count). The van der Waals surface area contributed by atoms with E-state index in [4.69, 9.17) is 28.9 Å². The van der Waals surface area contributed by atoms with Crippen LogP contribution in [0.15, 0.2) is 28.7 Å². The lowest BCUT2D eigenvalue weighted by Crippen LogP contribution is -2.26. The summed E-state index contributed by atoms with van der Waals surface area (Å²) in [5.41, 5.74) is 7.05. The lowest BCUT2D eigenvalue weighted by molar-refractivity contribution is 0.581. The molecule has 110 valence electrons. The third-order valence-corrected chi connectivity index (χ3v) is 5.38. The zero-order chi connectivity index (χ0) is 14.8. The number of halogens is 2. The van der Waals surface area contributed by atoms with Crippen LogP contribution >= 0.6 is 23.2 Å². The number of nitrogen functional groups attached to an aromatic ring is 1. The average Bonchev–Trinajstić information content (AvgIpc) is 2.79. The zero-order valence-electron chi connectivity index (χ0n) is 10.8. The highest BCUT2D eigenvalue weighted by Gasteiger charge is 2.21. The predicted octanol–water partition coefficient (Wildman–Crippen LogP) is 3.35. The maximum Gasteiger partial charge on any atom is 0.244 e. The van der Waals surface area contributed by atoms with Gasteiger partial charge in [0.15, 0.2) is 0 Å². The molecule has 1 aliphatic carbocycles. The number of nitrogens with two attached hydrogens (primary N) is 1. The maximum atomic E-state index is 12.2. The summed E-state index contributed by atoms with van der Waals surface area (Å²) < 4.78 is 27.0. The van der Waals surface area contributed by atoms with Crippen LogP contribution in [0.1, 0.15) is 25.7 Å². The fourth-order valence-corrected chi connectivity index (χ4v) is 4.26. The first kappa shape index (κ1) is 15.6. The van der Waals surface area contributed by atoms with Crippen molar-refractivity contribution in [3.05, 3.63) is 33.8 Å². The number of hydrogen-bond acceptors (Lipinski definition) is 3. The summed E-state index contributed by atoms with van der Waals surface area (Å²) in [6, 6.07) is 2.75. The van der Waals surface area contributed by atoms with Crippen molar-refractivity contribution in [2.24, 2.45) is 0 Å². The Hall–Kier alpha value is -0.750. The van der Waals surface area contributed by atoms with Crippen molar-refractivity contribution in [3.8, 4) is 0 Å². The Morgan fingerprint density at radius 2 is 2.05 bits per heavy atom. The zero-order valence-corrected chi connectivity index (χ0v) is 13.2. The van der Waals surface area contributed by atoms with Gasteiger partial charge in [0.25, 0.3) is 0 Å². The van der Waals surface area contributed by atoms with E-state index in [0.717, 1.165) is 19.3 Å². The number of sulfonamides is 1. The molecule has 0 aliphatic heterocycles. The second-order valence-electron chi connectivity index (χ2n) is 4.71. The van der Waals surface area contributed by atoms with Gasteiger partial charge >= 0.3 is 0 Å². The van der Waals surface area contributed by atoms with Crippen molar-refractivity contribution in [1.29, 1.82) is 0 Å². The van der Waals surface area contributed by atoms with Gasteiger partial charge in [-0.15, -0.1) is 0 Å². The van der Waals surface area contributed by atoms with Gasteiger partial charge in [-0.2, -0.15) is 0 Å². The smallest absolute Gasteiger partial charge is 0.244 e. The summed E-state index contributed by atoms with van der Waals surface area (Å²) in [6.45, 7) is 0.340. The van der Waals surface area contributed by atoms with Crippen molar-refractivity contribution < 1.29 is 8.42 Å². The van der Waals surface area contributed by atoms with Gasteiger partial charge in [-0.3, -0.25) is 0 Å². The fourth-order valence-electron chi connectivity index (χ4n) is 2.25. The maximum absolute atomic E-state index is 12.2. The van der Waals surface area contributed by atoms with Crippen LogP contribution in [0.4, 0.5) is 5.69 Å². The normalized spacial score (nSPS) is 15.4. The van der Waals surface area contributed by atoms with Gasteiger partial charge in [0.05, 0.1) is 10.7 Å². The summed E-state index contributed by atoms with van der Waals surface area (Å²) in [7, 11) is -3.72. The first-order valence-corrected chi connectivity index (χ1v) is 8.56. The Labute approximate surface area is 129 Å². The second kappa shape index (κ2) is 6.35. The number of hydrogen-bond donors (Lipinski definition) is 2. The van der Waals surface area contributed by atoms with Crippen molar-refractivity contribution in [2.45, 2.75) is 30.6 Å². The second-order valence-corrected chi connectivity index (χ2v) is 7.26. The number of rotatable bonds is 5. The largest absolute Gasteiger partial charge is 0.398 e. The van der Waals surface area contributed by atoms with Crippen LogP contribution in [-0.2, 0) is 10.0 Å². The van der Waals surface area contributed by atoms with Gasteiger partial charge in [-0.05, 0) is 37.8 Å². The molecule has 1 aliphatic rings. The molecule has 0 fully saturated rings. The molecule has 7 heteroatoms. The topological polar surface area (TPSA) is 72.2 Å². The van der Waals surface area contributed by atoms with Crippen LogP contribution in [0, 0.1) is 0 Å². The molecular weight excluding hydrogens is 319 g/mol. The highest BCUT2D eigenvalue weighted by molar-refractivity contribution is 7.89. The molecule has 0 radical (unpaired) electrons. The molecule has 0 amide bonds. The van der Waals surface area contributed by atoms with E-state index in [9.17, 15) is 8.42 Å². The number of anilines is 1. The van der Waals surface area contributed by atoms with E-state index in [1.165, 1.54) is 17.7 Å². The third-order valence-electron chi connectivity index (χ3n) is 3.18. The van der Waals surface area contributed by atoms with E-state index in [1.54, 1.807) is 0 Å². The molecule has 0 saturated carbocycles. The van der Waals surface area contributed by atoms with E-state index in [-0.39, 0.29) is 15.6 Å². The van der Waals surface area contributed by atoms with E-state index < -0.39 is 10.0 Å². The third kappa shape index (κ3) is 3.67. The van der Waals surface area contributed by atoms with Gasteiger partial charge in [0.1, 0.15) is 4.90 Å². The van der Waals surface area contributed by atoms with E-state index in [0.29, 0.717) is 18.0 Å². The van der Waals surface area contributed by atoms with Crippen molar-refractivity contribution in [3.63, 3.8) is 0 Å². The highest BCUT2D eigenvalue weighted by Crippen LogP contribution is 2.31. The van der Waals surface area contributed by atoms with Crippen molar-refractivity contribution in [1.82, 2.24) is 4.72 Å². The molecule has 0 saturated heterocycles. The van der Waals surface area contributed by atoms with Crippen LogP contribution in [-0.4, -0.2) is 15.0 Å². The molecule has 0 bridgehead atoms. The van der Waals surface area contributed by atoms with Gasteiger partial charge in [0, 0.05) is 11.6 Å². The summed E-state index contributed by atoms with van der Waals surface area (Å²) >= 11 is 11.7. The van der Waals surface area contributed by atoms with Crippen LogP contribution in [0.2, 0.25) is 10.0 Å². The van der Waals surface area contributed by atoms with Crippen LogP contribution in [0.5, 0.6) is 0 Å². The number of benzene rings is 1. The summed E-state index contributed by atoms with van der Waals surface area (Å²) in [6.07, 6.45) is 6.16. The van der Waals surface area contributed by atoms with Gasteiger partial charge in [-0.1, -0.05) is 34.9 Å².